The summed E-state index contributed by atoms with van der Waals surface area (Å²) >= 11 is 6.21. The molecule has 0 aliphatic rings. The highest BCUT2D eigenvalue weighted by molar-refractivity contribution is 6.33. The highest BCUT2D eigenvalue weighted by atomic mass is 35.5. The molecule has 1 amide bonds. The second kappa shape index (κ2) is 7.92. The van der Waals surface area contributed by atoms with Crippen molar-refractivity contribution in [1.29, 1.82) is 0 Å². The molecule has 2 aromatic carbocycles. The topological polar surface area (TPSA) is 99.2 Å². The number of halogens is 1. The lowest BCUT2D eigenvalue weighted by atomic mass is 10.2. The third kappa shape index (κ3) is 4.27. The first-order valence-electron chi connectivity index (χ1n) is 8.03. The number of nitrogens with zero attached hydrogens (tertiary/aromatic N) is 2. The van der Waals surface area contributed by atoms with Crippen LogP contribution in [0.1, 0.15) is 15.9 Å². The highest BCUT2D eigenvalue weighted by Crippen LogP contribution is 2.26. The molecule has 1 heterocycles. The monoisotopic (exact) mass is 384 g/mol. The van der Waals surface area contributed by atoms with Crippen LogP contribution in [0.4, 0.5) is 11.6 Å². The van der Waals surface area contributed by atoms with E-state index >= 15 is 0 Å². The Morgan fingerprint density at radius 3 is 2.67 bits per heavy atom. The maximum Gasteiger partial charge on any atom is 0.316 e. The van der Waals surface area contributed by atoms with Crippen LogP contribution in [-0.4, -0.2) is 22.6 Å². The van der Waals surface area contributed by atoms with E-state index in [2.05, 4.69) is 10.3 Å². The molecule has 0 aliphatic carbocycles. The third-order valence-electron chi connectivity index (χ3n) is 3.88. The molecule has 138 valence electrons. The van der Waals surface area contributed by atoms with Crippen LogP contribution in [-0.2, 0) is 6.54 Å². The molecule has 0 saturated carbocycles. The fraction of sp³-hybridized carbons (Fsp3) is 0.105. The summed E-state index contributed by atoms with van der Waals surface area (Å²) < 4.78 is 6.82. The van der Waals surface area contributed by atoms with Gasteiger partial charge in [-0.25, -0.2) is 0 Å². The maximum atomic E-state index is 12.1. The first kappa shape index (κ1) is 18.5. The molecular weight excluding hydrogens is 368 g/mol. The summed E-state index contributed by atoms with van der Waals surface area (Å²) in [7, 11) is 1.41. The smallest absolute Gasteiger partial charge is 0.316 e. The number of nitrogens with two attached hydrogens (primary N) is 1. The van der Waals surface area contributed by atoms with Gasteiger partial charge >= 0.3 is 5.56 Å². The lowest BCUT2D eigenvalue weighted by Gasteiger charge is -2.16. The fourth-order valence-corrected chi connectivity index (χ4v) is 2.67. The van der Waals surface area contributed by atoms with Gasteiger partial charge in [0.05, 0.1) is 30.6 Å². The van der Waals surface area contributed by atoms with E-state index in [1.807, 2.05) is 30.3 Å². The molecule has 3 aromatic rings. The number of carbonyl (C=O) groups is 1. The normalized spacial score (nSPS) is 10.4. The Hall–Kier alpha value is -3.32. The van der Waals surface area contributed by atoms with Gasteiger partial charge in [0.2, 0.25) is 17.6 Å². The lowest BCUT2D eigenvalue weighted by molar-refractivity contribution is 0.100. The number of aromatic nitrogens is 2. The van der Waals surface area contributed by atoms with Gasteiger partial charge in [-0.3, -0.25) is 9.59 Å². The van der Waals surface area contributed by atoms with Gasteiger partial charge in [0, 0.05) is 5.56 Å². The molecule has 3 rings (SSSR count). The summed E-state index contributed by atoms with van der Waals surface area (Å²) in [5, 5.41) is 3.36. The van der Waals surface area contributed by atoms with E-state index in [9.17, 15) is 9.59 Å². The number of hydrogen-bond acceptors (Lipinski definition) is 5. The van der Waals surface area contributed by atoms with E-state index in [0.717, 1.165) is 5.56 Å². The quantitative estimate of drug-likeness (QED) is 0.680. The number of primary amides is 1. The van der Waals surface area contributed by atoms with Gasteiger partial charge in [-0.05, 0) is 23.8 Å². The molecule has 7 nitrogen and oxygen atoms in total. The Bertz CT molecular complexity index is 1030. The molecule has 8 heteroatoms. The largest absolute Gasteiger partial charge is 0.490 e. The SMILES string of the molecule is COc1cn(Cc2ccccc2)c(Nc2cc(C(N)=O)ccc2Cl)nc1=O. The number of amides is 1. The van der Waals surface area contributed by atoms with Crippen molar-refractivity contribution < 1.29 is 9.53 Å². The van der Waals surface area contributed by atoms with Crippen LogP contribution in [0.3, 0.4) is 0 Å². The van der Waals surface area contributed by atoms with E-state index in [-0.39, 0.29) is 17.3 Å². The third-order valence-corrected chi connectivity index (χ3v) is 4.21. The van der Waals surface area contributed by atoms with Crippen molar-refractivity contribution in [1.82, 2.24) is 9.55 Å². The molecule has 0 radical (unpaired) electrons. The van der Waals surface area contributed by atoms with E-state index in [1.54, 1.807) is 16.8 Å². The maximum absolute atomic E-state index is 12.1. The minimum absolute atomic E-state index is 0.119. The fourth-order valence-electron chi connectivity index (χ4n) is 2.51. The molecule has 0 aliphatic heterocycles. The van der Waals surface area contributed by atoms with Gasteiger partial charge in [0.25, 0.3) is 0 Å². The summed E-state index contributed by atoms with van der Waals surface area (Å²) in [6.07, 6.45) is 1.57. The summed E-state index contributed by atoms with van der Waals surface area (Å²) in [6.45, 7) is 0.444. The van der Waals surface area contributed by atoms with Crippen LogP contribution in [0.25, 0.3) is 0 Å². The summed E-state index contributed by atoms with van der Waals surface area (Å²) in [4.78, 5) is 27.6. The number of ether oxygens (including phenoxy) is 1. The van der Waals surface area contributed by atoms with E-state index in [4.69, 9.17) is 22.1 Å². The average molecular weight is 385 g/mol. The van der Waals surface area contributed by atoms with Crippen LogP contribution in [0.15, 0.2) is 59.5 Å². The molecule has 1 aromatic heterocycles. The molecule has 3 N–H and O–H groups in total. The van der Waals surface area contributed by atoms with Crippen molar-refractivity contribution in [3.63, 3.8) is 0 Å². The zero-order chi connectivity index (χ0) is 19.4. The predicted molar refractivity (Wildman–Crippen MR) is 104 cm³/mol. The van der Waals surface area contributed by atoms with E-state index < -0.39 is 11.5 Å². The van der Waals surface area contributed by atoms with Crippen LogP contribution < -0.4 is 21.3 Å². The lowest BCUT2D eigenvalue weighted by Crippen LogP contribution is -2.19. The summed E-state index contributed by atoms with van der Waals surface area (Å²) in [5.74, 6) is -0.208. The molecule has 0 bridgehead atoms. The molecule has 27 heavy (non-hydrogen) atoms. The minimum atomic E-state index is -0.584. The highest BCUT2D eigenvalue weighted by Gasteiger charge is 2.13. The van der Waals surface area contributed by atoms with Crippen molar-refractivity contribution in [3.8, 4) is 5.75 Å². The van der Waals surface area contributed by atoms with Gasteiger partial charge in [-0.2, -0.15) is 4.98 Å². The first-order chi connectivity index (χ1) is 13.0. The summed E-state index contributed by atoms with van der Waals surface area (Å²) in [5.41, 5.74) is 6.50. The predicted octanol–water partition coefficient (Wildman–Crippen LogP) is 2.80. The number of nitrogens with one attached hydrogen (secondary N) is 1. The van der Waals surface area contributed by atoms with Gasteiger partial charge in [-0.1, -0.05) is 41.9 Å². The van der Waals surface area contributed by atoms with Crippen molar-refractivity contribution in [3.05, 3.63) is 81.2 Å². The molecule has 0 unspecified atom stereocenters. The summed E-state index contributed by atoms with van der Waals surface area (Å²) in [6, 6.07) is 14.2. The molecule has 0 saturated heterocycles. The Morgan fingerprint density at radius 2 is 2.00 bits per heavy atom. The van der Waals surface area contributed by atoms with Gasteiger partial charge in [0.1, 0.15) is 0 Å². The van der Waals surface area contributed by atoms with Crippen molar-refractivity contribution >= 4 is 29.1 Å². The van der Waals surface area contributed by atoms with Crippen molar-refractivity contribution in [2.45, 2.75) is 6.54 Å². The standard InChI is InChI=1S/C19H17ClN4O3/c1-27-16-11-24(10-12-5-3-2-4-6-12)19(23-18(16)26)22-15-9-13(17(21)25)7-8-14(15)20/h2-9,11H,10H2,1H3,(H2,21,25)(H,22,23,26). The van der Waals surface area contributed by atoms with Crippen LogP contribution >= 0.6 is 11.6 Å². The van der Waals surface area contributed by atoms with Gasteiger partial charge < -0.3 is 20.4 Å². The minimum Gasteiger partial charge on any atom is -0.490 e. The van der Waals surface area contributed by atoms with Gasteiger partial charge in [0.15, 0.2) is 0 Å². The molecular formula is C19H17ClN4O3. The van der Waals surface area contributed by atoms with Crippen molar-refractivity contribution in [2.75, 3.05) is 12.4 Å². The zero-order valence-corrected chi connectivity index (χ0v) is 15.2. The first-order valence-corrected chi connectivity index (χ1v) is 8.41. The number of benzene rings is 2. The van der Waals surface area contributed by atoms with E-state index in [0.29, 0.717) is 17.3 Å². The molecule has 0 atom stereocenters. The van der Waals surface area contributed by atoms with Crippen LogP contribution in [0, 0.1) is 0 Å². The Kier molecular flexibility index (Phi) is 5.42. The number of carbonyl (C=O) groups excluding carboxylic acids is 1. The Balaban J connectivity index is 2.04. The average Bonchev–Trinajstić information content (AvgIpc) is 2.66. The number of methoxy groups -OCH3 is 1. The van der Waals surface area contributed by atoms with Crippen molar-refractivity contribution in [2.24, 2.45) is 5.73 Å². The second-order valence-corrected chi connectivity index (χ2v) is 6.14. The van der Waals surface area contributed by atoms with E-state index in [1.165, 1.54) is 19.2 Å². The molecule has 0 spiro atoms. The Morgan fingerprint density at radius 1 is 1.26 bits per heavy atom. The van der Waals surface area contributed by atoms with Gasteiger partial charge in [-0.15, -0.1) is 0 Å². The Labute approximate surface area is 160 Å². The zero-order valence-electron chi connectivity index (χ0n) is 14.5. The number of anilines is 2. The van der Waals surface area contributed by atoms with Crippen LogP contribution in [0.2, 0.25) is 5.02 Å². The molecule has 0 fully saturated rings. The second-order valence-electron chi connectivity index (χ2n) is 5.74. The van der Waals surface area contributed by atoms with Crippen LogP contribution in [0.5, 0.6) is 5.75 Å². The number of rotatable bonds is 6. The number of hydrogen-bond donors (Lipinski definition) is 2.